The van der Waals surface area contributed by atoms with Gasteiger partial charge in [0.2, 0.25) is 5.91 Å². The lowest BCUT2D eigenvalue weighted by molar-refractivity contribution is -0.202. The van der Waals surface area contributed by atoms with Crippen molar-refractivity contribution in [2.75, 3.05) is 12.0 Å². The number of cyclic esters (lactones) is 1. The van der Waals surface area contributed by atoms with E-state index in [0.717, 1.165) is 18.4 Å². The Morgan fingerprint density at radius 3 is 2.18 bits per heavy atom. The minimum Gasteiger partial charge on any atom is -0.497 e. The third-order valence-electron chi connectivity index (χ3n) is 9.37. The zero-order valence-electron chi connectivity index (χ0n) is 26.3. The van der Waals surface area contributed by atoms with E-state index in [9.17, 15) is 14.4 Å². The molecule has 44 heavy (non-hydrogen) atoms. The van der Waals surface area contributed by atoms with Crippen LogP contribution in [0.1, 0.15) is 70.4 Å². The number of methoxy groups -OCH3 is 1. The summed E-state index contributed by atoms with van der Waals surface area (Å²) in [6, 6.07) is 25.1. The van der Waals surface area contributed by atoms with E-state index in [2.05, 4.69) is 20.8 Å². The molecule has 0 unspecified atom stereocenters. The molecule has 232 valence electrons. The van der Waals surface area contributed by atoms with Crippen molar-refractivity contribution in [1.82, 2.24) is 0 Å². The molecule has 1 aliphatic carbocycles. The van der Waals surface area contributed by atoms with Gasteiger partial charge in [0.1, 0.15) is 17.8 Å². The third kappa shape index (κ3) is 5.84. The van der Waals surface area contributed by atoms with Crippen molar-refractivity contribution in [3.8, 4) is 5.75 Å². The molecule has 0 aromatic heterocycles. The van der Waals surface area contributed by atoms with Crippen LogP contribution in [0, 0.1) is 23.7 Å². The second-order valence-electron chi connectivity index (χ2n) is 12.5. The van der Waals surface area contributed by atoms with E-state index in [4.69, 9.17) is 14.2 Å². The molecule has 0 radical (unpaired) electrons. The standard InChI is InChI=1S/C37H43NO6/c1-6-30(26-13-9-7-10-14-26)33-34(39)38(28-18-20-29(42-5)21-19-28)37(44-35(33)40,27-15-11-8-12-16-27)36(41)43-32-23-25(4)17-22-31(32)24(2)3/h7-16,18-21,24-25,30-33H,6,17,22-23H2,1-5H3/t25-,30-,31+,32-,33+,37+/m1/s1. The first-order chi connectivity index (χ1) is 21.2. The number of esters is 2. The zero-order valence-corrected chi connectivity index (χ0v) is 26.3. The summed E-state index contributed by atoms with van der Waals surface area (Å²) in [7, 11) is 1.56. The number of hydrogen-bond donors (Lipinski definition) is 0. The van der Waals surface area contributed by atoms with Crippen molar-refractivity contribution >= 4 is 23.5 Å². The van der Waals surface area contributed by atoms with Crippen molar-refractivity contribution in [3.63, 3.8) is 0 Å². The lowest BCUT2D eigenvalue weighted by Crippen LogP contribution is -2.66. The van der Waals surface area contributed by atoms with Crippen molar-refractivity contribution < 1.29 is 28.6 Å². The van der Waals surface area contributed by atoms with Crippen molar-refractivity contribution in [2.45, 2.75) is 71.1 Å². The summed E-state index contributed by atoms with van der Waals surface area (Å²) < 4.78 is 18.1. The van der Waals surface area contributed by atoms with Crippen LogP contribution in [-0.4, -0.2) is 31.1 Å². The molecule has 1 heterocycles. The Kier molecular flexibility index (Phi) is 9.42. The van der Waals surface area contributed by atoms with Gasteiger partial charge in [0.25, 0.3) is 0 Å². The van der Waals surface area contributed by atoms with Gasteiger partial charge in [-0.1, -0.05) is 94.8 Å². The van der Waals surface area contributed by atoms with Crippen LogP contribution in [-0.2, 0) is 29.6 Å². The molecule has 1 aliphatic heterocycles. The monoisotopic (exact) mass is 597 g/mol. The molecule has 0 N–H and O–H groups in total. The first-order valence-corrected chi connectivity index (χ1v) is 15.7. The van der Waals surface area contributed by atoms with E-state index in [1.165, 1.54) is 4.90 Å². The molecule has 7 nitrogen and oxygen atoms in total. The molecule has 1 saturated heterocycles. The maximum atomic E-state index is 14.9. The van der Waals surface area contributed by atoms with Gasteiger partial charge in [-0.05, 0) is 66.8 Å². The summed E-state index contributed by atoms with van der Waals surface area (Å²) in [5.74, 6) is -2.22. The number of rotatable bonds is 9. The first kappa shape index (κ1) is 31.3. The summed E-state index contributed by atoms with van der Waals surface area (Å²) in [5.41, 5.74) is -0.559. The second-order valence-corrected chi connectivity index (χ2v) is 12.5. The highest BCUT2D eigenvalue weighted by Crippen LogP contribution is 2.46. The van der Waals surface area contributed by atoms with Gasteiger partial charge >= 0.3 is 17.7 Å². The summed E-state index contributed by atoms with van der Waals surface area (Å²) in [6.45, 7) is 8.39. The SMILES string of the molecule is CC[C@H](c1ccccc1)[C@@H]1C(=O)O[C@](C(=O)O[C@@H]2C[C@H](C)CC[C@H]2C(C)C)(c2ccccc2)N(c2ccc(OC)cc2)C1=O. The van der Waals surface area contributed by atoms with Crippen LogP contribution in [0.3, 0.4) is 0 Å². The maximum Gasteiger partial charge on any atom is 0.378 e. The number of carbonyl (C=O) groups is 3. The van der Waals surface area contributed by atoms with E-state index in [-0.39, 0.29) is 12.0 Å². The molecular weight excluding hydrogens is 554 g/mol. The van der Waals surface area contributed by atoms with E-state index >= 15 is 0 Å². The lowest BCUT2D eigenvalue weighted by atomic mass is 9.75. The van der Waals surface area contributed by atoms with Gasteiger partial charge < -0.3 is 14.2 Å². The van der Waals surface area contributed by atoms with Gasteiger partial charge in [0.05, 0.1) is 7.11 Å². The van der Waals surface area contributed by atoms with Gasteiger partial charge in [-0.25, -0.2) is 4.79 Å². The Labute approximate surface area is 260 Å². The number of nitrogens with zero attached hydrogens (tertiary/aromatic N) is 1. The fraction of sp³-hybridized carbons (Fsp3) is 0.432. The molecule has 1 amide bonds. The van der Waals surface area contributed by atoms with E-state index in [0.29, 0.717) is 41.7 Å². The highest BCUT2D eigenvalue weighted by molar-refractivity contribution is 6.14. The molecule has 7 heteroatoms. The minimum atomic E-state index is -2.16. The smallest absolute Gasteiger partial charge is 0.378 e. The largest absolute Gasteiger partial charge is 0.497 e. The quantitative estimate of drug-likeness (QED) is 0.191. The fourth-order valence-electron chi connectivity index (χ4n) is 6.96. The molecule has 5 rings (SSSR count). The van der Waals surface area contributed by atoms with Crippen molar-refractivity contribution in [2.24, 2.45) is 23.7 Å². The van der Waals surface area contributed by atoms with Crippen LogP contribution in [0.2, 0.25) is 0 Å². The normalized spacial score (nSPS) is 26.2. The Balaban J connectivity index is 1.67. The fourth-order valence-corrected chi connectivity index (χ4v) is 6.96. The average molecular weight is 598 g/mol. The maximum absolute atomic E-state index is 14.9. The highest BCUT2D eigenvalue weighted by atomic mass is 16.6. The van der Waals surface area contributed by atoms with E-state index in [1.54, 1.807) is 55.6 Å². The Hall–Kier alpha value is -4.13. The van der Waals surface area contributed by atoms with Crippen molar-refractivity contribution in [1.29, 1.82) is 0 Å². The molecule has 0 bridgehead atoms. The number of carbonyl (C=O) groups excluding carboxylic acids is 3. The molecular formula is C37H43NO6. The molecule has 0 spiro atoms. The minimum absolute atomic E-state index is 0.155. The van der Waals surface area contributed by atoms with Crippen LogP contribution >= 0.6 is 0 Å². The summed E-state index contributed by atoms with van der Waals surface area (Å²) >= 11 is 0. The van der Waals surface area contributed by atoms with Crippen LogP contribution < -0.4 is 9.64 Å². The number of anilines is 1. The topological polar surface area (TPSA) is 82.1 Å². The second kappa shape index (κ2) is 13.2. The van der Waals surface area contributed by atoms with Crippen LogP contribution in [0.25, 0.3) is 0 Å². The number of ether oxygens (including phenoxy) is 3. The molecule has 6 atom stereocenters. The number of amides is 1. The highest BCUT2D eigenvalue weighted by Gasteiger charge is 2.62. The van der Waals surface area contributed by atoms with Crippen molar-refractivity contribution in [3.05, 3.63) is 96.1 Å². The Bertz CT molecular complexity index is 1440. The predicted molar refractivity (Wildman–Crippen MR) is 169 cm³/mol. The summed E-state index contributed by atoms with van der Waals surface area (Å²) in [4.78, 5) is 45.1. The third-order valence-corrected chi connectivity index (χ3v) is 9.37. The predicted octanol–water partition coefficient (Wildman–Crippen LogP) is 7.25. The first-order valence-electron chi connectivity index (χ1n) is 15.7. The zero-order chi connectivity index (χ0) is 31.4. The number of benzene rings is 3. The molecule has 3 aromatic carbocycles. The van der Waals surface area contributed by atoms with Gasteiger partial charge in [-0.15, -0.1) is 0 Å². The Morgan fingerprint density at radius 2 is 1.59 bits per heavy atom. The van der Waals surface area contributed by atoms with Gasteiger partial charge in [0, 0.05) is 17.2 Å². The van der Waals surface area contributed by atoms with E-state index < -0.39 is 35.4 Å². The van der Waals surface area contributed by atoms with Gasteiger partial charge in [-0.3, -0.25) is 14.5 Å². The summed E-state index contributed by atoms with van der Waals surface area (Å²) in [6.07, 6.45) is 2.85. The average Bonchev–Trinajstić information content (AvgIpc) is 3.03. The van der Waals surface area contributed by atoms with Crippen LogP contribution in [0.15, 0.2) is 84.9 Å². The lowest BCUT2D eigenvalue weighted by Gasteiger charge is -2.48. The van der Waals surface area contributed by atoms with Gasteiger partial charge in [-0.2, -0.15) is 0 Å². The molecule has 2 aliphatic rings. The Morgan fingerprint density at radius 1 is 0.955 bits per heavy atom. The van der Waals surface area contributed by atoms with E-state index in [1.807, 2.05) is 43.3 Å². The summed E-state index contributed by atoms with van der Waals surface area (Å²) in [5, 5.41) is 0. The molecule has 3 aromatic rings. The van der Waals surface area contributed by atoms with Gasteiger partial charge in [0.15, 0.2) is 0 Å². The van der Waals surface area contributed by atoms with Crippen LogP contribution in [0.4, 0.5) is 5.69 Å². The van der Waals surface area contributed by atoms with Crippen LogP contribution in [0.5, 0.6) is 5.75 Å². The molecule has 2 fully saturated rings. The molecule has 1 saturated carbocycles. The number of hydrogen-bond acceptors (Lipinski definition) is 6.